The van der Waals surface area contributed by atoms with Crippen LogP contribution in [0.15, 0.2) is 18.3 Å². The van der Waals surface area contributed by atoms with Crippen molar-refractivity contribution in [2.24, 2.45) is 0 Å². The molecule has 0 radical (unpaired) electrons. The topological polar surface area (TPSA) is 36.4 Å². The third-order valence-corrected chi connectivity index (χ3v) is 2.71. The van der Waals surface area contributed by atoms with Gasteiger partial charge < -0.3 is 10.0 Å². The first-order chi connectivity index (χ1) is 7.07. The van der Waals surface area contributed by atoms with E-state index in [-0.39, 0.29) is 5.82 Å². The smallest absolute Gasteiger partial charge is 0.141 e. The van der Waals surface area contributed by atoms with E-state index in [9.17, 15) is 9.50 Å². The van der Waals surface area contributed by atoms with Gasteiger partial charge in [0.25, 0.3) is 0 Å². The number of pyridine rings is 1. The number of piperidine rings is 1. The number of hydrogen-bond acceptors (Lipinski definition) is 3. The van der Waals surface area contributed by atoms with E-state index < -0.39 is 5.60 Å². The third kappa shape index (κ3) is 2.45. The summed E-state index contributed by atoms with van der Waals surface area (Å²) in [5, 5.41) is 9.92. The van der Waals surface area contributed by atoms with Crippen molar-refractivity contribution in [2.45, 2.75) is 25.4 Å². The van der Waals surface area contributed by atoms with Crippen molar-refractivity contribution in [3.05, 3.63) is 24.1 Å². The van der Waals surface area contributed by atoms with Crippen molar-refractivity contribution in [1.29, 1.82) is 0 Å². The molecule has 2 rings (SSSR count). The molecule has 0 aliphatic carbocycles. The predicted molar refractivity (Wildman–Crippen MR) is 56.3 cm³/mol. The number of β-amino-alcohol motifs (C(OH)–C–C–N with tert-alkyl or cyclic N) is 1. The molecule has 82 valence electrons. The number of aromatic nitrogens is 1. The van der Waals surface area contributed by atoms with Gasteiger partial charge in [-0.15, -0.1) is 0 Å². The molecule has 2 heterocycles. The predicted octanol–water partition coefficient (Wildman–Crippen LogP) is 1.57. The molecule has 1 aliphatic heterocycles. The van der Waals surface area contributed by atoms with Crippen LogP contribution in [0.3, 0.4) is 0 Å². The van der Waals surface area contributed by atoms with Crippen molar-refractivity contribution in [3.63, 3.8) is 0 Å². The fraction of sp³-hybridized carbons (Fsp3) is 0.545. The maximum Gasteiger partial charge on any atom is 0.141 e. The summed E-state index contributed by atoms with van der Waals surface area (Å²) in [5.74, 6) is 0.402. The molecule has 0 spiro atoms. The number of anilines is 1. The molecular weight excluding hydrogens is 195 g/mol. The lowest BCUT2D eigenvalue weighted by Crippen LogP contribution is -2.46. The summed E-state index contributed by atoms with van der Waals surface area (Å²) in [4.78, 5) is 6.00. The number of aliphatic hydroxyl groups is 1. The maximum atomic E-state index is 12.7. The minimum absolute atomic E-state index is 0.331. The van der Waals surface area contributed by atoms with E-state index in [0.717, 1.165) is 25.2 Å². The first-order valence-electron chi connectivity index (χ1n) is 5.16. The Balaban J connectivity index is 2.13. The molecule has 15 heavy (non-hydrogen) atoms. The van der Waals surface area contributed by atoms with Crippen molar-refractivity contribution >= 4 is 5.82 Å². The Morgan fingerprint density at radius 2 is 2.33 bits per heavy atom. The highest BCUT2D eigenvalue weighted by molar-refractivity contribution is 5.39. The van der Waals surface area contributed by atoms with Gasteiger partial charge in [0.2, 0.25) is 0 Å². The number of rotatable bonds is 1. The van der Waals surface area contributed by atoms with Gasteiger partial charge in [-0.2, -0.15) is 0 Å². The number of nitrogens with zero attached hydrogens (tertiary/aromatic N) is 2. The first-order valence-corrected chi connectivity index (χ1v) is 5.16. The van der Waals surface area contributed by atoms with E-state index in [1.807, 2.05) is 11.8 Å². The number of hydrogen-bond donors (Lipinski definition) is 1. The van der Waals surface area contributed by atoms with Crippen LogP contribution >= 0.6 is 0 Å². The zero-order valence-electron chi connectivity index (χ0n) is 8.78. The molecule has 1 atom stereocenters. The zero-order chi connectivity index (χ0) is 10.9. The van der Waals surface area contributed by atoms with Gasteiger partial charge in [0, 0.05) is 13.1 Å². The van der Waals surface area contributed by atoms with Crippen molar-refractivity contribution in [2.75, 3.05) is 18.0 Å². The van der Waals surface area contributed by atoms with Gasteiger partial charge in [0.1, 0.15) is 11.6 Å². The molecule has 3 nitrogen and oxygen atoms in total. The van der Waals surface area contributed by atoms with Gasteiger partial charge in [0.15, 0.2) is 0 Å². The second-order valence-corrected chi connectivity index (χ2v) is 4.36. The molecule has 1 unspecified atom stereocenters. The largest absolute Gasteiger partial charge is 0.388 e. The number of halogens is 1. The molecule has 0 aromatic carbocycles. The molecule has 0 amide bonds. The molecule has 1 aliphatic rings. The Morgan fingerprint density at radius 3 is 2.93 bits per heavy atom. The van der Waals surface area contributed by atoms with Crippen molar-refractivity contribution in [1.82, 2.24) is 4.98 Å². The first kappa shape index (κ1) is 10.4. The van der Waals surface area contributed by atoms with Crippen LogP contribution in [0.5, 0.6) is 0 Å². The molecular formula is C11H15FN2O. The fourth-order valence-corrected chi connectivity index (χ4v) is 1.97. The molecule has 1 aromatic heterocycles. The summed E-state index contributed by atoms with van der Waals surface area (Å²) < 4.78 is 12.7. The summed E-state index contributed by atoms with van der Waals surface area (Å²) >= 11 is 0. The second-order valence-electron chi connectivity index (χ2n) is 4.36. The fourth-order valence-electron chi connectivity index (χ4n) is 1.97. The van der Waals surface area contributed by atoms with Crippen LogP contribution in [0.25, 0.3) is 0 Å². The van der Waals surface area contributed by atoms with Crippen LogP contribution in [0.2, 0.25) is 0 Å². The van der Waals surface area contributed by atoms with E-state index in [1.54, 1.807) is 6.07 Å². The van der Waals surface area contributed by atoms with Crippen LogP contribution in [0.4, 0.5) is 10.2 Å². The van der Waals surface area contributed by atoms with Gasteiger partial charge >= 0.3 is 0 Å². The summed E-state index contributed by atoms with van der Waals surface area (Å²) in [6.45, 7) is 3.25. The zero-order valence-corrected chi connectivity index (χ0v) is 8.78. The van der Waals surface area contributed by atoms with E-state index in [4.69, 9.17) is 0 Å². The highest BCUT2D eigenvalue weighted by Gasteiger charge is 2.28. The summed E-state index contributed by atoms with van der Waals surface area (Å²) in [7, 11) is 0. The lowest BCUT2D eigenvalue weighted by atomic mass is 9.95. The minimum Gasteiger partial charge on any atom is -0.388 e. The molecule has 1 aromatic rings. The SMILES string of the molecule is CC1(O)CCCN(c2ccc(F)cn2)C1. The van der Waals surface area contributed by atoms with Crippen LogP contribution < -0.4 is 4.90 Å². The Kier molecular flexibility index (Phi) is 2.61. The lowest BCUT2D eigenvalue weighted by Gasteiger charge is -2.37. The normalized spacial score (nSPS) is 26.7. The molecule has 4 heteroatoms. The summed E-state index contributed by atoms with van der Waals surface area (Å²) in [6, 6.07) is 3.04. The second kappa shape index (κ2) is 3.77. The summed E-state index contributed by atoms with van der Waals surface area (Å²) in [5.41, 5.74) is -0.658. The highest BCUT2D eigenvalue weighted by atomic mass is 19.1. The van der Waals surface area contributed by atoms with Crippen LogP contribution in [-0.4, -0.2) is 28.8 Å². The van der Waals surface area contributed by atoms with Crippen LogP contribution in [-0.2, 0) is 0 Å². The molecule has 1 saturated heterocycles. The van der Waals surface area contributed by atoms with E-state index >= 15 is 0 Å². The Morgan fingerprint density at radius 1 is 1.53 bits per heavy atom. The standard InChI is InChI=1S/C11H15FN2O/c1-11(15)5-2-6-14(8-11)10-4-3-9(12)7-13-10/h3-4,7,15H,2,5-6,8H2,1H3. The summed E-state index contributed by atoms with van der Waals surface area (Å²) in [6.07, 6.45) is 2.95. The van der Waals surface area contributed by atoms with E-state index in [2.05, 4.69) is 4.98 Å². The van der Waals surface area contributed by atoms with Gasteiger partial charge in [-0.1, -0.05) is 0 Å². The Hall–Kier alpha value is -1.16. The van der Waals surface area contributed by atoms with Gasteiger partial charge in [-0.05, 0) is 31.9 Å². The average molecular weight is 210 g/mol. The Labute approximate surface area is 88.6 Å². The third-order valence-electron chi connectivity index (χ3n) is 2.71. The van der Waals surface area contributed by atoms with Crippen molar-refractivity contribution in [3.8, 4) is 0 Å². The highest BCUT2D eigenvalue weighted by Crippen LogP contribution is 2.24. The maximum absolute atomic E-state index is 12.7. The van der Waals surface area contributed by atoms with Gasteiger partial charge in [0.05, 0.1) is 11.8 Å². The monoisotopic (exact) mass is 210 g/mol. The molecule has 1 N–H and O–H groups in total. The quantitative estimate of drug-likeness (QED) is 0.764. The van der Waals surface area contributed by atoms with Gasteiger partial charge in [-0.3, -0.25) is 0 Å². The van der Waals surface area contributed by atoms with Crippen molar-refractivity contribution < 1.29 is 9.50 Å². The molecule has 0 bridgehead atoms. The average Bonchev–Trinajstić information content (AvgIpc) is 2.17. The Bertz CT molecular complexity index is 337. The lowest BCUT2D eigenvalue weighted by molar-refractivity contribution is 0.0447. The minimum atomic E-state index is -0.658. The molecule has 1 fully saturated rings. The van der Waals surface area contributed by atoms with E-state index in [1.165, 1.54) is 12.3 Å². The molecule has 0 saturated carbocycles. The van der Waals surface area contributed by atoms with E-state index in [0.29, 0.717) is 6.54 Å². The van der Waals surface area contributed by atoms with Gasteiger partial charge in [-0.25, -0.2) is 9.37 Å². The van der Waals surface area contributed by atoms with Crippen LogP contribution in [0.1, 0.15) is 19.8 Å². The van der Waals surface area contributed by atoms with Crippen LogP contribution in [0, 0.1) is 5.82 Å².